The van der Waals surface area contributed by atoms with Crippen molar-refractivity contribution < 1.29 is 9.59 Å². The van der Waals surface area contributed by atoms with Crippen LogP contribution in [-0.2, 0) is 4.79 Å². The van der Waals surface area contributed by atoms with Crippen molar-refractivity contribution >= 4 is 29.3 Å². The molecule has 0 saturated carbocycles. The Morgan fingerprint density at radius 3 is 2.61 bits per heavy atom. The van der Waals surface area contributed by atoms with Gasteiger partial charge in [0.15, 0.2) is 0 Å². The van der Waals surface area contributed by atoms with Crippen LogP contribution in [0, 0.1) is 6.92 Å². The van der Waals surface area contributed by atoms with E-state index >= 15 is 0 Å². The van der Waals surface area contributed by atoms with Crippen LogP contribution in [0.4, 0.5) is 5.69 Å². The number of aryl methyl sites for hydroxylation is 1. The molecule has 0 spiro atoms. The maximum atomic E-state index is 12.7. The molecule has 2 N–H and O–H groups in total. The normalized spacial score (nSPS) is 16.7. The number of nitrogens with one attached hydrogen (secondary N) is 2. The molecule has 0 unspecified atom stereocenters. The van der Waals surface area contributed by atoms with Crippen LogP contribution >= 0.6 is 11.8 Å². The van der Waals surface area contributed by atoms with E-state index in [2.05, 4.69) is 53.6 Å². The number of hydrogen-bond acceptors (Lipinski definition) is 4. The van der Waals surface area contributed by atoms with Crippen LogP contribution in [0.5, 0.6) is 0 Å². The predicted octanol–water partition coefficient (Wildman–Crippen LogP) is 5.10. The first-order valence-corrected chi connectivity index (χ1v) is 11.9. The number of piperidine rings is 1. The van der Waals surface area contributed by atoms with Crippen LogP contribution < -0.4 is 10.6 Å². The minimum Gasteiger partial charge on any atom is -0.352 e. The van der Waals surface area contributed by atoms with Crippen molar-refractivity contribution in [2.24, 2.45) is 0 Å². The molecule has 0 bridgehead atoms. The summed E-state index contributed by atoms with van der Waals surface area (Å²) in [6.45, 7) is 8.65. The monoisotopic (exact) mass is 439 g/mol. The Balaban J connectivity index is 1.60. The third-order valence-electron chi connectivity index (χ3n) is 5.65. The molecule has 6 heteroatoms. The summed E-state index contributed by atoms with van der Waals surface area (Å²) in [6, 6.07) is 14.4. The summed E-state index contributed by atoms with van der Waals surface area (Å²) in [7, 11) is 0. The van der Waals surface area contributed by atoms with E-state index in [0.29, 0.717) is 23.8 Å². The molecule has 0 aromatic heterocycles. The van der Waals surface area contributed by atoms with E-state index in [1.54, 1.807) is 17.8 Å². The number of rotatable bonds is 8. The molecule has 3 rings (SSSR count). The SMILES string of the molecule is CC(=O)Nc1cc(C(=O)NCCCN2CCCC[C@@H]2C)ccc1Sc1ccc(C)cc1. The van der Waals surface area contributed by atoms with Crippen LogP contribution in [-0.4, -0.2) is 42.4 Å². The van der Waals surface area contributed by atoms with Crippen LogP contribution in [0.2, 0.25) is 0 Å². The van der Waals surface area contributed by atoms with Crippen molar-refractivity contribution in [3.05, 3.63) is 53.6 Å². The van der Waals surface area contributed by atoms with E-state index < -0.39 is 0 Å². The van der Waals surface area contributed by atoms with Gasteiger partial charge in [-0.05, 0) is 70.0 Å². The molecule has 166 valence electrons. The first-order chi connectivity index (χ1) is 14.9. The summed E-state index contributed by atoms with van der Waals surface area (Å²) < 4.78 is 0. The number of amides is 2. The zero-order valence-electron chi connectivity index (χ0n) is 18.7. The Kier molecular flexibility index (Phi) is 8.55. The van der Waals surface area contributed by atoms with Crippen molar-refractivity contribution in [1.29, 1.82) is 0 Å². The van der Waals surface area contributed by atoms with Gasteiger partial charge in [0.25, 0.3) is 5.91 Å². The molecule has 2 amide bonds. The lowest BCUT2D eigenvalue weighted by molar-refractivity contribution is -0.114. The minimum atomic E-state index is -0.154. The van der Waals surface area contributed by atoms with Gasteiger partial charge in [0, 0.05) is 41.4 Å². The van der Waals surface area contributed by atoms with Gasteiger partial charge in [-0.15, -0.1) is 0 Å². The van der Waals surface area contributed by atoms with E-state index in [1.165, 1.54) is 31.7 Å². The van der Waals surface area contributed by atoms with Crippen LogP contribution in [0.1, 0.15) is 55.5 Å². The van der Waals surface area contributed by atoms with Gasteiger partial charge < -0.3 is 15.5 Å². The molecule has 2 aromatic rings. The summed E-state index contributed by atoms with van der Waals surface area (Å²) in [5, 5.41) is 5.89. The molecule has 0 radical (unpaired) electrons. The van der Waals surface area contributed by atoms with Crippen LogP contribution in [0.25, 0.3) is 0 Å². The maximum Gasteiger partial charge on any atom is 0.251 e. The number of benzene rings is 2. The molecule has 31 heavy (non-hydrogen) atoms. The lowest BCUT2D eigenvalue weighted by Crippen LogP contribution is -2.39. The average Bonchev–Trinajstić information content (AvgIpc) is 2.74. The number of likely N-dealkylation sites (tertiary alicyclic amines) is 1. The number of nitrogens with zero attached hydrogens (tertiary/aromatic N) is 1. The summed E-state index contributed by atoms with van der Waals surface area (Å²) in [5.41, 5.74) is 2.42. The molecule has 1 saturated heterocycles. The van der Waals surface area contributed by atoms with Crippen LogP contribution in [0.3, 0.4) is 0 Å². The van der Waals surface area contributed by atoms with Gasteiger partial charge in [0.1, 0.15) is 0 Å². The smallest absolute Gasteiger partial charge is 0.251 e. The van der Waals surface area contributed by atoms with E-state index in [0.717, 1.165) is 29.3 Å². The maximum absolute atomic E-state index is 12.7. The molecule has 1 fully saturated rings. The highest BCUT2D eigenvalue weighted by molar-refractivity contribution is 7.99. The molecule has 5 nitrogen and oxygen atoms in total. The number of hydrogen-bond donors (Lipinski definition) is 2. The zero-order chi connectivity index (χ0) is 22.2. The molecule has 1 heterocycles. The fraction of sp³-hybridized carbons (Fsp3) is 0.440. The predicted molar refractivity (Wildman–Crippen MR) is 128 cm³/mol. The van der Waals surface area contributed by atoms with Gasteiger partial charge in [0.2, 0.25) is 5.91 Å². The summed E-state index contributed by atoms with van der Waals surface area (Å²) in [5.74, 6) is -0.260. The third-order valence-corrected chi connectivity index (χ3v) is 6.73. The largest absolute Gasteiger partial charge is 0.352 e. The van der Waals surface area contributed by atoms with Gasteiger partial charge in [-0.1, -0.05) is 35.9 Å². The average molecular weight is 440 g/mol. The van der Waals surface area contributed by atoms with Gasteiger partial charge >= 0.3 is 0 Å². The highest BCUT2D eigenvalue weighted by Crippen LogP contribution is 2.34. The lowest BCUT2D eigenvalue weighted by atomic mass is 10.0. The Morgan fingerprint density at radius 1 is 1.13 bits per heavy atom. The fourth-order valence-electron chi connectivity index (χ4n) is 3.86. The third kappa shape index (κ3) is 7.11. The Morgan fingerprint density at radius 2 is 1.90 bits per heavy atom. The summed E-state index contributed by atoms with van der Waals surface area (Å²) in [6.07, 6.45) is 4.81. The second kappa shape index (κ2) is 11.3. The molecule has 0 aliphatic carbocycles. The van der Waals surface area contributed by atoms with Crippen molar-refractivity contribution in [3.63, 3.8) is 0 Å². The molecule has 1 atom stereocenters. The first kappa shape index (κ1) is 23.4. The van der Waals surface area contributed by atoms with Crippen molar-refractivity contribution in [2.75, 3.05) is 25.0 Å². The standard InChI is InChI=1S/C25H33N3O2S/c1-18-8-11-22(12-9-18)31-24-13-10-21(17-23(24)27-20(3)29)25(30)26-14-6-16-28-15-5-4-7-19(28)2/h8-13,17,19H,4-7,14-16H2,1-3H3,(H,26,30)(H,27,29)/t19-/m0/s1. The molecular formula is C25H33N3O2S. The molecule has 1 aliphatic heterocycles. The Labute approximate surface area is 190 Å². The molecule has 1 aliphatic rings. The lowest BCUT2D eigenvalue weighted by Gasteiger charge is -2.33. The quantitative estimate of drug-likeness (QED) is 0.562. The highest BCUT2D eigenvalue weighted by Gasteiger charge is 2.17. The van der Waals surface area contributed by atoms with Crippen molar-refractivity contribution in [3.8, 4) is 0 Å². The molecule has 2 aromatic carbocycles. The van der Waals surface area contributed by atoms with Crippen LogP contribution in [0.15, 0.2) is 52.3 Å². The van der Waals surface area contributed by atoms with Gasteiger partial charge in [-0.3, -0.25) is 9.59 Å². The Bertz CT molecular complexity index is 898. The van der Waals surface area contributed by atoms with E-state index in [-0.39, 0.29) is 11.8 Å². The number of anilines is 1. The van der Waals surface area contributed by atoms with E-state index in [9.17, 15) is 9.59 Å². The fourth-order valence-corrected chi connectivity index (χ4v) is 4.74. The first-order valence-electron chi connectivity index (χ1n) is 11.1. The van der Waals surface area contributed by atoms with E-state index in [4.69, 9.17) is 0 Å². The summed E-state index contributed by atoms with van der Waals surface area (Å²) >= 11 is 1.57. The second-order valence-corrected chi connectivity index (χ2v) is 9.41. The number of carbonyl (C=O) groups excluding carboxylic acids is 2. The molecular weight excluding hydrogens is 406 g/mol. The zero-order valence-corrected chi connectivity index (χ0v) is 19.6. The minimum absolute atomic E-state index is 0.106. The van der Waals surface area contributed by atoms with E-state index in [1.807, 2.05) is 12.1 Å². The van der Waals surface area contributed by atoms with Gasteiger partial charge in [0.05, 0.1) is 5.69 Å². The number of carbonyl (C=O) groups is 2. The van der Waals surface area contributed by atoms with Crippen molar-refractivity contribution in [1.82, 2.24) is 10.2 Å². The Hall–Kier alpha value is -2.31. The van der Waals surface area contributed by atoms with Gasteiger partial charge in [-0.2, -0.15) is 0 Å². The highest BCUT2D eigenvalue weighted by atomic mass is 32.2. The summed E-state index contributed by atoms with van der Waals surface area (Å²) in [4.78, 5) is 28.9. The topological polar surface area (TPSA) is 61.4 Å². The van der Waals surface area contributed by atoms with Gasteiger partial charge in [-0.25, -0.2) is 0 Å². The van der Waals surface area contributed by atoms with Crippen molar-refractivity contribution in [2.45, 2.75) is 62.3 Å². The second-order valence-electron chi connectivity index (χ2n) is 8.30.